The summed E-state index contributed by atoms with van der Waals surface area (Å²) in [6, 6.07) is 14.0. The van der Waals surface area contributed by atoms with Crippen molar-refractivity contribution >= 4 is 23.2 Å². The smallest absolute Gasteiger partial charge is 0.0598 e. The Hall–Kier alpha value is -1.02. The van der Waals surface area contributed by atoms with Gasteiger partial charge in [-0.15, -0.1) is 0 Å². The maximum absolute atomic E-state index is 6.01. The summed E-state index contributed by atoms with van der Waals surface area (Å²) in [5, 5.41) is 1.15. The summed E-state index contributed by atoms with van der Waals surface area (Å²) in [5.74, 6) is 0. The van der Waals surface area contributed by atoms with Gasteiger partial charge in [0.2, 0.25) is 0 Å². The number of nitrogens with two attached hydrogens (primary N) is 1. The fourth-order valence-electron chi connectivity index (χ4n) is 1.75. The molecular formula is C14H13Cl2N. The van der Waals surface area contributed by atoms with Crippen molar-refractivity contribution in [3.05, 3.63) is 58.1 Å². The van der Waals surface area contributed by atoms with Gasteiger partial charge < -0.3 is 5.73 Å². The Kier molecular flexibility index (Phi) is 4.06. The van der Waals surface area contributed by atoms with Crippen molar-refractivity contribution in [1.29, 1.82) is 0 Å². The first-order valence-corrected chi connectivity index (χ1v) is 6.21. The Morgan fingerprint density at radius 2 is 1.65 bits per heavy atom. The van der Waals surface area contributed by atoms with E-state index in [-0.39, 0.29) is 0 Å². The lowest BCUT2D eigenvalue weighted by Crippen LogP contribution is -2.02. The van der Waals surface area contributed by atoms with Gasteiger partial charge in [-0.1, -0.05) is 53.5 Å². The summed E-state index contributed by atoms with van der Waals surface area (Å²) in [6.45, 7) is 0.658. The molecule has 0 saturated heterocycles. The highest BCUT2D eigenvalue weighted by molar-refractivity contribution is 6.42. The summed E-state index contributed by atoms with van der Waals surface area (Å²) >= 11 is 11.9. The predicted molar refractivity (Wildman–Crippen MR) is 74.7 cm³/mol. The molecule has 0 aromatic heterocycles. The van der Waals surface area contributed by atoms with Crippen molar-refractivity contribution in [2.45, 2.75) is 6.42 Å². The van der Waals surface area contributed by atoms with Gasteiger partial charge in [0.25, 0.3) is 0 Å². The topological polar surface area (TPSA) is 26.0 Å². The molecule has 0 fully saturated rings. The monoisotopic (exact) mass is 265 g/mol. The van der Waals surface area contributed by atoms with Crippen molar-refractivity contribution in [2.24, 2.45) is 5.73 Å². The third kappa shape index (κ3) is 3.01. The van der Waals surface area contributed by atoms with Crippen LogP contribution in [-0.4, -0.2) is 6.54 Å². The molecule has 0 radical (unpaired) electrons. The molecule has 0 bridgehead atoms. The SMILES string of the molecule is NCCc1cccc(-c2ccc(Cl)c(Cl)c2)c1. The van der Waals surface area contributed by atoms with Crippen molar-refractivity contribution in [1.82, 2.24) is 0 Å². The molecule has 0 atom stereocenters. The van der Waals surface area contributed by atoms with Crippen molar-refractivity contribution in [3.63, 3.8) is 0 Å². The third-order valence-corrected chi connectivity index (χ3v) is 3.35. The molecule has 1 nitrogen and oxygen atoms in total. The fourth-order valence-corrected chi connectivity index (χ4v) is 2.05. The Bertz CT molecular complexity index is 523. The van der Waals surface area contributed by atoms with Gasteiger partial charge in [0, 0.05) is 0 Å². The number of benzene rings is 2. The minimum absolute atomic E-state index is 0.577. The molecule has 0 aliphatic rings. The number of halogens is 2. The fraction of sp³-hybridized carbons (Fsp3) is 0.143. The summed E-state index contributed by atoms with van der Waals surface area (Å²) in [4.78, 5) is 0. The van der Waals surface area contributed by atoms with E-state index in [2.05, 4.69) is 18.2 Å². The summed E-state index contributed by atoms with van der Waals surface area (Å²) in [7, 11) is 0. The van der Waals surface area contributed by atoms with E-state index in [1.54, 1.807) is 0 Å². The zero-order valence-electron chi connectivity index (χ0n) is 9.29. The van der Waals surface area contributed by atoms with Crippen molar-refractivity contribution in [3.8, 4) is 11.1 Å². The highest BCUT2D eigenvalue weighted by Crippen LogP contribution is 2.28. The molecule has 3 heteroatoms. The predicted octanol–water partition coefficient (Wildman–Crippen LogP) is 4.16. The molecular weight excluding hydrogens is 253 g/mol. The number of hydrogen-bond donors (Lipinski definition) is 1. The van der Waals surface area contributed by atoms with Crippen LogP contribution in [0.15, 0.2) is 42.5 Å². The van der Waals surface area contributed by atoms with Crippen LogP contribution in [0.1, 0.15) is 5.56 Å². The Morgan fingerprint density at radius 1 is 0.882 bits per heavy atom. The van der Waals surface area contributed by atoms with Crippen LogP contribution in [0.5, 0.6) is 0 Å². The van der Waals surface area contributed by atoms with Crippen LogP contribution < -0.4 is 5.73 Å². The quantitative estimate of drug-likeness (QED) is 0.886. The average Bonchev–Trinajstić information content (AvgIpc) is 2.33. The molecule has 88 valence electrons. The van der Waals surface area contributed by atoms with E-state index < -0.39 is 0 Å². The second-order valence-corrected chi connectivity index (χ2v) is 4.68. The van der Waals surface area contributed by atoms with E-state index in [0.29, 0.717) is 16.6 Å². The molecule has 2 aromatic rings. The molecule has 17 heavy (non-hydrogen) atoms. The maximum Gasteiger partial charge on any atom is 0.0598 e. The van der Waals surface area contributed by atoms with Gasteiger partial charge in [0.1, 0.15) is 0 Å². The van der Waals surface area contributed by atoms with Crippen LogP contribution in [0.4, 0.5) is 0 Å². The van der Waals surface area contributed by atoms with Crippen LogP contribution in [0, 0.1) is 0 Å². The molecule has 0 spiro atoms. The second kappa shape index (κ2) is 5.54. The normalized spacial score (nSPS) is 10.5. The van der Waals surface area contributed by atoms with Crippen molar-refractivity contribution < 1.29 is 0 Å². The summed E-state index contributed by atoms with van der Waals surface area (Å²) in [5.41, 5.74) is 8.99. The Balaban J connectivity index is 2.38. The van der Waals surface area contributed by atoms with E-state index >= 15 is 0 Å². The zero-order chi connectivity index (χ0) is 12.3. The second-order valence-electron chi connectivity index (χ2n) is 3.87. The van der Waals surface area contributed by atoms with Crippen LogP contribution in [0.25, 0.3) is 11.1 Å². The summed E-state index contributed by atoms with van der Waals surface area (Å²) in [6.07, 6.45) is 0.884. The highest BCUT2D eigenvalue weighted by atomic mass is 35.5. The molecule has 0 heterocycles. The lowest BCUT2D eigenvalue weighted by Gasteiger charge is -2.06. The van der Waals surface area contributed by atoms with E-state index in [0.717, 1.165) is 17.5 Å². The Morgan fingerprint density at radius 3 is 2.35 bits per heavy atom. The van der Waals surface area contributed by atoms with Gasteiger partial charge in [-0.25, -0.2) is 0 Å². The number of hydrogen-bond acceptors (Lipinski definition) is 1. The molecule has 0 amide bonds. The van der Waals surface area contributed by atoms with E-state index in [1.807, 2.05) is 24.3 Å². The van der Waals surface area contributed by atoms with Gasteiger partial charge in [0.05, 0.1) is 10.0 Å². The first kappa shape index (κ1) is 12.4. The standard InChI is InChI=1S/C14H13Cl2N/c15-13-5-4-12(9-14(13)16)11-3-1-2-10(8-11)6-7-17/h1-5,8-9H,6-7,17H2. The first-order chi connectivity index (χ1) is 8.20. The van der Waals surface area contributed by atoms with E-state index in [4.69, 9.17) is 28.9 Å². The van der Waals surface area contributed by atoms with Crippen LogP contribution in [0.2, 0.25) is 10.0 Å². The molecule has 2 N–H and O–H groups in total. The zero-order valence-corrected chi connectivity index (χ0v) is 10.8. The van der Waals surface area contributed by atoms with Crippen LogP contribution in [-0.2, 0) is 6.42 Å². The maximum atomic E-state index is 6.01. The Labute approximate surface area is 111 Å². The third-order valence-electron chi connectivity index (χ3n) is 2.61. The van der Waals surface area contributed by atoms with E-state index in [1.165, 1.54) is 5.56 Å². The van der Waals surface area contributed by atoms with Gasteiger partial charge >= 0.3 is 0 Å². The van der Waals surface area contributed by atoms with Crippen LogP contribution >= 0.6 is 23.2 Å². The molecule has 2 aromatic carbocycles. The van der Waals surface area contributed by atoms with Crippen LogP contribution in [0.3, 0.4) is 0 Å². The minimum Gasteiger partial charge on any atom is -0.330 e. The molecule has 0 saturated carbocycles. The molecule has 0 unspecified atom stereocenters. The lowest BCUT2D eigenvalue weighted by molar-refractivity contribution is 0.969. The average molecular weight is 266 g/mol. The largest absolute Gasteiger partial charge is 0.330 e. The van der Waals surface area contributed by atoms with Gasteiger partial charge in [-0.2, -0.15) is 0 Å². The van der Waals surface area contributed by atoms with Gasteiger partial charge in [0.15, 0.2) is 0 Å². The lowest BCUT2D eigenvalue weighted by atomic mass is 10.0. The van der Waals surface area contributed by atoms with Crippen molar-refractivity contribution in [2.75, 3.05) is 6.54 Å². The highest BCUT2D eigenvalue weighted by Gasteiger charge is 2.02. The van der Waals surface area contributed by atoms with Gasteiger partial charge in [-0.3, -0.25) is 0 Å². The minimum atomic E-state index is 0.577. The van der Waals surface area contributed by atoms with E-state index in [9.17, 15) is 0 Å². The molecule has 0 aliphatic heterocycles. The number of rotatable bonds is 3. The molecule has 2 rings (SSSR count). The summed E-state index contributed by atoms with van der Waals surface area (Å²) < 4.78 is 0. The molecule has 0 aliphatic carbocycles. The van der Waals surface area contributed by atoms with Gasteiger partial charge in [-0.05, 0) is 41.8 Å². The first-order valence-electron chi connectivity index (χ1n) is 5.45.